The summed E-state index contributed by atoms with van der Waals surface area (Å²) < 4.78 is 0. The molecule has 1 aromatic carbocycles. The van der Waals surface area contributed by atoms with E-state index in [9.17, 15) is 10.1 Å². The molecule has 0 amide bonds. The number of H-pyrrole nitrogens is 1. The number of aromatic nitrogens is 2. The van der Waals surface area contributed by atoms with Crippen LogP contribution in [0.25, 0.3) is 11.3 Å². The summed E-state index contributed by atoms with van der Waals surface area (Å²) in [4.78, 5) is 18.3. The summed E-state index contributed by atoms with van der Waals surface area (Å²) in [5.41, 5.74) is 2.44. The molecule has 1 aliphatic rings. The van der Waals surface area contributed by atoms with E-state index >= 15 is 0 Å². The molecule has 2 aromatic rings. The zero-order chi connectivity index (χ0) is 14.8. The second kappa shape index (κ2) is 5.65. The second-order valence-corrected chi connectivity index (χ2v) is 5.56. The number of aryl methyl sites for hydroxylation is 1. The number of aromatic amines is 1. The van der Waals surface area contributed by atoms with Gasteiger partial charge in [-0.25, -0.2) is 4.98 Å². The molecule has 6 heteroatoms. The van der Waals surface area contributed by atoms with Crippen molar-refractivity contribution in [2.45, 2.75) is 19.8 Å². The van der Waals surface area contributed by atoms with E-state index in [1.165, 1.54) is 6.42 Å². The molecule has 1 fully saturated rings. The molecule has 1 aliphatic heterocycles. The van der Waals surface area contributed by atoms with Gasteiger partial charge >= 0.3 is 0 Å². The van der Waals surface area contributed by atoms with Crippen molar-refractivity contribution in [1.82, 2.24) is 15.3 Å². The number of nitro benzene ring substituents is 1. The lowest BCUT2D eigenvalue weighted by atomic mass is 10.1. The predicted molar refractivity (Wildman–Crippen MR) is 80.1 cm³/mol. The van der Waals surface area contributed by atoms with E-state index in [-0.39, 0.29) is 10.6 Å². The Morgan fingerprint density at radius 3 is 3.05 bits per heavy atom. The van der Waals surface area contributed by atoms with Gasteiger partial charge in [0.05, 0.1) is 16.8 Å². The van der Waals surface area contributed by atoms with Gasteiger partial charge in [0.15, 0.2) is 0 Å². The third kappa shape index (κ3) is 2.95. The van der Waals surface area contributed by atoms with E-state index in [0.717, 1.165) is 36.6 Å². The molecular weight excluding hydrogens is 268 g/mol. The summed E-state index contributed by atoms with van der Waals surface area (Å²) in [5, 5.41) is 14.4. The number of imidazole rings is 1. The standard InChI is InChI=1S/C15H18N4O2/c1-10-2-3-12(7-14(10)19(20)21)13-9-17-15(18-13)6-11-4-5-16-8-11/h2-3,7,9,11,16H,4-6,8H2,1H3,(H,17,18). The fourth-order valence-electron chi connectivity index (χ4n) is 2.75. The van der Waals surface area contributed by atoms with E-state index in [1.807, 2.05) is 6.07 Å². The van der Waals surface area contributed by atoms with E-state index < -0.39 is 0 Å². The molecular formula is C15H18N4O2. The van der Waals surface area contributed by atoms with Crippen LogP contribution in [0, 0.1) is 23.0 Å². The molecule has 0 saturated carbocycles. The van der Waals surface area contributed by atoms with Crippen molar-refractivity contribution in [3.8, 4) is 11.3 Å². The van der Waals surface area contributed by atoms with Crippen LogP contribution in [0.15, 0.2) is 24.4 Å². The molecule has 1 unspecified atom stereocenters. The minimum absolute atomic E-state index is 0.142. The first kappa shape index (κ1) is 13.8. The highest BCUT2D eigenvalue weighted by Gasteiger charge is 2.17. The van der Waals surface area contributed by atoms with Gasteiger partial charge in [-0.3, -0.25) is 10.1 Å². The van der Waals surface area contributed by atoms with Crippen molar-refractivity contribution in [3.63, 3.8) is 0 Å². The molecule has 0 bridgehead atoms. The van der Waals surface area contributed by atoms with Crippen molar-refractivity contribution in [2.75, 3.05) is 13.1 Å². The number of hydrogen-bond donors (Lipinski definition) is 2. The lowest BCUT2D eigenvalue weighted by Crippen LogP contribution is -2.11. The molecule has 1 aromatic heterocycles. The maximum atomic E-state index is 11.0. The molecule has 1 atom stereocenters. The third-order valence-electron chi connectivity index (χ3n) is 3.99. The van der Waals surface area contributed by atoms with E-state index in [2.05, 4.69) is 15.3 Å². The van der Waals surface area contributed by atoms with Gasteiger partial charge < -0.3 is 10.3 Å². The van der Waals surface area contributed by atoms with Crippen LogP contribution < -0.4 is 5.32 Å². The quantitative estimate of drug-likeness (QED) is 0.668. The minimum Gasteiger partial charge on any atom is -0.342 e. The topological polar surface area (TPSA) is 83.8 Å². The fourth-order valence-corrected chi connectivity index (χ4v) is 2.75. The Balaban J connectivity index is 1.82. The van der Waals surface area contributed by atoms with E-state index in [4.69, 9.17) is 0 Å². The Morgan fingerprint density at radius 2 is 2.33 bits per heavy atom. The van der Waals surface area contributed by atoms with Crippen LogP contribution in [-0.2, 0) is 6.42 Å². The molecule has 6 nitrogen and oxygen atoms in total. The smallest absolute Gasteiger partial charge is 0.272 e. The zero-order valence-corrected chi connectivity index (χ0v) is 11.9. The maximum absolute atomic E-state index is 11.0. The molecule has 2 N–H and O–H groups in total. The van der Waals surface area contributed by atoms with Crippen LogP contribution in [0.5, 0.6) is 0 Å². The lowest BCUT2D eigenvalue weighted by molar-refractivity contribution is -0.385. The van der Waals surface area contributed by atoms with Crippen LogP contribution in [0.4, 0.5) is 5.69 Å². The molecule has 3 rings (SSSR count). The Kier molecular flexibility index (Phi) is 3.70. The molecule has 21 heavy (non-hydrogen) atoms. The largest absolute Gasteiger partial charge is 0.342 e. The van der Waals surface area contributed by atoms with Gasteiger partial charge in [-0.15, -0.1) is 0 Å². The summed E-state index contributed by atoms with van der Waals surface area (Å²) in [6.45, 7) is 3.85. The predicted octanol–water partition coefficient (Wildman–Crippen LogP) is 2.45. The van der Waals surface area contributed by atoms with Gasteiger partial charge in [-0.1, -0.05) is 12.1 Å². The maximum Gasteiger partial charge on any atom is 0.272 e. The highest BCUT2D eigenvalue weighted by Crippen LogP contribution is 2.26. The lowest BCUT2D eigenvalue weighted by Gasteiger charge is -2.04. The van der Waals surface area contributed by atoms with Crippen molar-refractivity contribution in [1.29, 1.82) is 0 Å². The van der Waals surface area contributed by atoms with Crippen molar-refractivity contribution >= 4 is 5.69 Å². The normalized spacial score (nSPS) is 18.0. The van der Waals surface area contributed by atoms with Gasteiger partial charge in [0, 0.05) is 23.6 Å². The summed E-state index contributed by atoms with van der Waals surface area (Å²) in [5.74, 6) is 1.57. The van der Waals surface area contributed by atoms with Gasteiger partial charge in [-0.05, 0) is 32.4 Å². The minimum atomic E-state index is -0.347. The molecule has 110 valence electrons. The number of nitrogens with one attached hydrogen (secondary N) is 2. The highest BCUT2D eigenvalue weighted by atomic mass is 16.6. The van der Waals surface area contributed by atoms with Gasteiger partial charge in [0.1, 0.15) is 5.82 Å². The summed E-state index contributed by atoms with van der Waals surface area (Å²) in [7, 11) is 0. The SMILES string of the molecule is Cc1ccc(-c2cnc(CC3CCNC3)[nH]2)cc1[N+](=O)[O-]. The highest BCUT2D eigenvalue weighted by molar-refractivity contribution is 5.63. The van der Waals surface area contributed by atoms with Crippen molar-refractivity contribution in [2.24, 2.45) is 5.92 Å². The fraction of sp³-hybridized carbons (Fsp3) is 0.400. The van der Waals surface area contributed by atoms with Crippen LogP contribution in [0.2, 0.25) is 0 Å². The number of nitrogens with zero attached hydrogens (tertiary/aromatic N) is 2. The molecule has 2 heterocycles. The summed E-state index contributed by atoms with van der Waals surface area (Å²) in [6.07, 6.45) is 3.85. The summed E-state index contributed by atoms with van der Waals surface area (Å²) in [6, 6.07) is 5.26. The summed E-state index contributed by atoms with van der Waals surface area (Å²) >= 11 is 0. The number of benzene rings is 1. The average Bonchev–Trinajstić information content (AvgIpc) is 3.11. The average molecular weight is 286 g/mol. The first-order valence-electron chi connectivity index (χ1n) is 7.13. The second-order valence-electron chi connectivity index (χ2n) is 5.56. The number of nitro groups is 1. The zero-order valence-electron chi connectivity index (χ0n) is 11.9. The molecule has 1 saturated heterocycles. The van der Waals surface area contributed by atoms with Crippen LogP contribution >= 0.6 is 0 Å². The Hall–Kier alpha value is -2.21. The first-order chi connectivity index (χ1) is 10.1. The monoisotopic (exact) mass is 286 g/mol. The van der Waals surface area contributed by atoms with E-state index in [1.54, 1.807) is 25.3 Å². The van der Waals surface area contributed by atoms with Crippen LogP contribution in [-0.4, -0.2) is 28.0 Å². The van der Waals surface area contributed by atoms with Crippen LogP contribution in [0.1, 0.15) is 17.8 Å². The van der Waals surface area contributed by atoms with Gasteiger partial charge in [0.2, 0.25) is 0 Å². The van der Waals surface area contributed by atoms with Gasteiger partial charge in [-0.2, -0.15) is 0 Å². The third-order valence-corrected chi connectivity index (χ3v) is 3.99. The number of hydrogen-bond acceptors (Lipinski definition) is 4. The van der Waals surface area contributed by atoms with Crippen molar-refractivity contribution < 1.29 is 4.92 Å². The Morgan fingerprint density at radius 1 is 1.48 bits per heavy atom. The molecule has 0 aliphatic carbocycles. The van der Waals surface area contributed by atoms with Crippen molar-refractivity contribution in [3.05, 3.63) is 45.9 Å². The van der Waals surface area contributed by atoms with Crippen LogP contribution in [0.3, 0.4) is 0 Å². The van der Waals surface area contributed by atoms with E-state index in [0.29, 0.717) is 11.5 Å². The Labute approximate surface area is 122 Å². The molecule has 0 radical (unpaired) electrons. The molecule has 0 spiro atoms. The Bertz CT molecular complexity index is 659. The first-order valence-corrected chi connectivity index (χ1v) is 7.13. The van der Waals surface area contributed by atoms with Gasteiger partial charge in [0.25, 0.3) is 5.69 Å². The number of rotatable bonds is 4.